The molecule has 0 spiro atoms. The second-order valence-electron chi connectivity index (χ2n) is 7.33. The summed E-state index contributed by atoms with van der Waals surface area (Å²) in [5.74, 6) is 1.83. The van der Waals surface area contributed by atoms with Crippen LogP contribution in [0.4, 0.5) is 0 Å². The van der Waals surface area contributed by atoms with Crippen LogP contribution in [-0.2, 0) is 0 Å². The van der Waals surface area contributed by atoms with Gasteiger partial charge in [-0.1, -0.05) is 33.3 Å². The Balaban J connectivity index is 2.21. The average Bonchev–Trinajstić information content (AvgIpc) is 2.13. The van der Waals surface area contributed by atoms with E-state index >= 15 is 0 Å². The Hall–Kier alpha value is -0.300. The van der Waals surface area contributed by atoms with Crippen LogP contribution in [0.5, 0.6) is 0 Å². The fourth-order valence-electron chi connectivity index (χ4n) is 4.77. The van der Waals surface area contributed by atoms with Gasteiger partial charge in [0.2, 0.25) is 0 Å². The maximum Gasteiger partial charge on any atom is 0.0686 e. The van der Waals surface area contributed by atoms with Gasteiger partial charge in [0.15, 0.2) is 0 Å². The highest BCUT2D eigenvalue weighted by Crippen LogP contribution is 2.56. The molecule has 0 radical (unpaired) electrons. The summed E-state index contributed by atoms with van der Waals surface area (Å²) >= 11 is 0. The van der Waals surface area contributed by atoms with Gasteiger partial charge < -0.3 is 5.11 Å². The third kappa shape index (κ3) is 2.45. The van der Waals surface area contributed by atoms with Gasteiger partial charge >= 0.3 is 0 Å². The maximum atomic E-state index is 11.1. The number of rotatable bonds is 2. The number of hydrogen-bond acceptors (Lipinski definition) is 1. The molecule has 2 aliphatic rings. The van der Waals surface area contributed by atoms with E-state index < -0.39 is 5.60 Å². The summed E-state index contributed by atoms with van der Waals surface area (Å²) in [4.78, 5) is 0. The lowest BCUT2D eigenvalue weighted by molar-refractivity contribution is -0.152. The first-order valence-corrected chi connectivity index (χ1v) is 7.20. The van der Waals surface area contributed by atoms with Gasteiger partial charge in [-0.15, -0.1) is 6.58 Å². The Morgan fingerprint density at radius 3 is 2.59 bits per heavy atom. The summed E-state index contributed by atoms with van der Waals surface area (Å²) in [6, 6.07) is 0. The molecule has 17 heavy (non-hydrogen) atoms. The summed E-state index contributed by atoms with van der Waals surface area (Å²) < 4.78 is 0. The van der Waals surface area contributed by atoms with Crippen LogP contribution >= 0.6 is 0 Å². The zero-order valence-corrected chi connectivity index (χ0v) is 11.7. The largest absolute Gasteiger partial charge is 0.390 e. The van der Waals surface area contributed by atoms with Crippen molar-refractivity contribution in [3.8, 4) is 0 Å². The first kappa shape index (κ1) is 13.1. The highest BCUT2D eigenvalue weighted by atomic mass is 16.3. The van der Waals surface area contributed by atoms with Crippen molar-refractivity contribution in [3.05, 3.63) is 12.7 Å². The van der Waals surface area contributed by atoms with E-state index in [0.717, 1.165) is 19.3 Å². The fraction of sp³-hybridized carbons (Fsp3) is 0.875. The lowest BCUT2D eigenvalue weighted by Crippen LogP contribution is -2.54. The molecular formula is C16H28O. The minimum absolute atomic E-state index is 0.292. The van der Waals surface area contributed by atoms with Crippen molar-refractivity contribution in [2.75, 3.05) is 0 Å². The van der Waals surface area contributed by atoms with Crippen molar-refractivity contribution in [2.24, 2.45) is 23.2 Å². The summed E-state index contributed by atoms with van der Waals surface area (Å²) in [6.45, 7) is 10.9. The Morgan fingerprint density at radius 2 is 1.94 bits per heavy atom. The minimum Gasteiger partial charge on any atom is -0.390 e. The Labute approximate surface area is 106 Å². The summed E-state index contributed by atoms with van der Waals surface area (Å²) in [5.41, 5.74) is -0.103. The van der Waals surface area contributed by atoms with Crippen LogP contribution in [0.15, 0.2) is 12.7 Å². The minimum atomic E-state index is -0.396. The molecule has 2 rings (SSSR count). The lowest BCUT2D eigenvalue weighted by atomic mass is 9.52. The molecule has 98 valence electrons. The molecule has 2 fully saturated rings. The zero-order valence-electron chi connectivity index (χ0n) is 11.7. The van der Waals surface area contributed by atoms with Gasteiger partial charge in [0.25, 0.3) is 0 Å². The fourth-order valence-corrected chi connectivity index (χ4v) is 4.77. The first-order valence-electron chi connectivity index (χ1n) is 7.20. The monoisotopic (exact) mass is 236 g/mol. The van der Waals surface area contributed by atoms with E-state index in [-0.39, 0.29) is 0 Å². The second-order valence-corrected chi connectivity index (χ2v) is 7.33. The molecule has 0 unspecified atom stereocenters. The molecule has 1 nitrogen and oxygen atoms in total. The molecule has 0 heterocycles. The van der Waals surface area contributed by atoms with Crippen molar-refractivity contribution in [2.45, 2.75) is 64.9 Å². The predicted molar refractivity (Wildman–Crippen MR) is 72.8 cm³/mol. The molecule has 2 saturated carbocycles. The third-order valence-electron chi connectivity index (χ3n) is 5.20. The Kier molecular flexibility index (Phi) is 3.42. The van der Waals surface area contributed by atoms with Gasteiger partial charge in [0.05, 0.1) is 5.60 Å². The second kappa shape index (κ2) is 4.42. The van der Waals surface area contributed by atoms with Gasteiger partial charge in [-0.3, -0.25) is 0 Å². The molecular weight excluding hydrogens is 208 g/mol. The van der Waals surface area contributed by atoms with Gasteiger partial charge in [0.1, 0.15) is 0 Å². The highest BCUT2D eigenvalue weighted by molar-refractivity contribution is 5.04. The summed E-state index contributed by atoms with van der Waals surface area (Å²) in [5, 5.41) is 11.1. The molecule has 1 heteroatoms. The van der Waals surface area contributed by atoms with E-state index in [9.17, 15) is 5.11 Å². The molecule has 2 aliphatic carbocycles. The molecule has 0 aromatic rings. The van der Waals surface area contributed by atoms with Gasteiger partial charge in [0, 0.05) is 0 Å². The van der Waals surface area contributed by atoms with Gasteiger partial charge in [-0.2, -0.15) is 0 Å². The molecule has 0 saturated heterocycles. The normalized spacial score (nSPS) is 45.1. The van der Waals surface area contributed by atoms with E-state index in [0.29, 0.717) is 23.2 Å². The van der Waals surface area contributed by atoms with E-state index in [2.05, 4.69) is 27.4 Å². The number of aliphatic hydroxyl groups is 1. The molecule has 0 aliphatic heterocycles. The van der Waals surface area contributed by atoms with Gasteiger partial charge in [-0.05, 0) is 55.3 Å². The number of hydrogen-bond donors (Lipinski definition) is 1. The van der Waals surface area contributed by atoms with Crippen LogP contribution in [-0.4, -0.2) is 10.7 Å². The SMILES string of the molecule is C=CC[C@H]1CC(C)(C)[C@@H]2CC[C@@H](C)C[C@@]2(O)C1. The zero-order chi connectivity index (χ0) is 12.7. The molecule has 1 N–H and O–H groups in total. The lowest BCUT2D eigenvalue weighted by Gasteiger charge is -2.56. The van der Waals surface area contributed by atoms with E-state index in [1.807, 2.05) is 6.08 Å². The van der Waals surface area contributed by atoms with Crippen molar-refractivity contribution < 1.29 is 5.11 Å². The van der Waals surface area contributed by atoms with Crippen LogP contribution in [0, 0.1) is 23.2 Å². The standard InChI is InChI=1S/C16H28O/c1-5-6-13-10-15(3,4)14-8-7-12(2)9-16(14,17)11-13/h5,12-14,17H,1,6-11H2,2-4H3/t12-,13+,14+,16-/m1/s1. The van der Waals surface area contributed by atoms with E-state index in [1.165, 1.54) is 19.3 Å². The summed E-state index contributed by atoms with van der Waals surface area (Å²) in [6.07, 6.45) is 8.85. The topological polar surface area (TPSA) is 20.2 Å². The molecule has 0 amide bonds. The van der Waals surface area contributed by atoms with Crippen molar-refractivity contribution >= 4 is 0 Å². The summed E-state index contributed by atoms with van der Waals surface area (Å²) in [7, 11) is 0. The Morgan fingerprint density at radius 1 is 1.24 bits per heavy atom. The van der Waals surface area contributed by atoms with Crippen LogP contribution in [0.2, 0.25) is 0 Å². The van der Waals surface area contributed by atoms with Crippen molar-refractivity contribution in [3.63, 3.8) is 0 Å². The quantitative estimate of drug-likeness (QED) is 0.714. The highest BCUT2D eigenvalue weighted by Gasteiger charge is 2.52. The van der Waals surface area contributed by atoms with Crippen LogP contribution < -0.4 is 0 Å². The van der Waals surface area contributed by atoms with Crippen LogP contribution in [0.3, 0.4) is 0 Å². The molecule has 0 bridgehead atoms. The maximum absolute atomic E-state index is 11.1. The van der Waals surface area contributed by atoms with Crippen LogP contribution in [0.25, 0.3) is 0 Å². The molecule has 0 aromatic heterocycles. The van der Waals surface area contributed by atoms with E-state index in [4.69, 9.17) is 0 Å². The smallest absolute Gasteiger partial charge is 0.0686 e. The Bertz CT molecular complexity index is 294. The number of allylic oxidation sites excluding steroid dienone is 1. The van der Waals surface area contributed by atoms with Crippen molar-refractivity contribution in [1.29, 1.82) is 0 Å². The van der Waals surface area contributed by atoms with Crippen molar-refractivity contribution in [1.82, 2.24) is 0 Å². The van der Waals surface area contributed by atoms with Gasteiger partial charge in [-0.25, -0.2) is 0 Å². The van der Waals surface area contributed by atoms with Crippen LogP contribution in [0.1, 0.15) is 59.3 Å². The number of fused-ring (bicyclic) bond motifs is 1. The third-order valence-corrected chi connectivity index (χ3v) is 5.20. The average molecular weight is 236 g/mol. The predicted octanol–water partition coefficient (Wildman–Crippen LogP) is 4.17. The molecule has 4 atom stereocenters. The molecule has 0 aromatic carbocycles. The van der Waals surface area contributed by atoms with E-state index in [1.54, 1.807) is 0 Å². The first-order chi connectivity index (χ1) is 7.87.